The highest BCUT2D eigenvalue weighted by atomic mass is 16.5. The highest BCUT2D eigenvalue weighted by Gasteiger charge is 2.10. The normalized spacial score (nSPS) is 12.2. The average molecular weight is 264 g/mol. The first-order valence-electron chi connectivity index (χ1n) is 6.74. The number of methoxy groups -OCH3 is 1. The Kier molecular flexibility index (Phi) is 7.15. The Morgan fingerprint density at radius 3 is 2.79 bits per heavy atom. The van der Waals surface area contributed by atoms with Crippen LogP contribution in [0.25, 0.3) is 0 Å². The van der Waals surface area contributed by atoms with E-state index in [9.17, 15) is 4.79 Å². The molecule has 1 amide bonds. The smallest absolute Gasteiger partial charge is 0.224 e. The molecule has 0 bridgehead atoms. The van der Waals surface area contributed by atoms with Crippen molar-refractivity contribution < 1.29 is 9.53 Å². The summed E-state index contributed by atoms with van der Waals surface area (Å²) in [7, 11) is 1.65. The number of amides is 1. The molecule has 0 aliphatic heterocycles. The number of carbonyl (C=O) groups is 1. The maximum absolute atomic E-state index is 11.9. The predicted octanol–water partition coefficient (Wildman–Crippen LogP) is 2.41. The van der Waals surface area contributed by atoms with Crippen LogP contribution in [0, 0.1) is 5.92 Å². The topological polar surface area (TPSA) is 50.4 Å². The van der Waals surface area contributed by atoms with Gasteiger partial charge in [0.15, 0.2) is 0 Å². The van der Waals surface area contributed by atoms with E-state index in [0.717, 1.165) is 24.3 Å². The molecule has 0 aromatic heterocycles. The van der Waals surface area contributed by atoms with Gasteiger partial charge in [-0.05, 0) is 24.1 Å². The number of nitrogens with one attached hydrogen (secondary N) is 2. The van der Waals surface area contributed by atoms with E-state index >= 15 is 0 Å². The molecule has 1 aromatic carbocycles. The van der Waals surface area contributed by atoms with E-state index in [2.05, 4.69) is 17.6 Å². The van der Waals surface area contributed by atoms with Crippen LogP contribution < -0.4 is 10.6 Å². The Labute approximate surface area is 115 Å². The molecule has 106 valence electrons. The van der Waals surface area contributed by atoms with E-state index in [1.165, 1.54) is 0 Å². The minimum atomic E-state index is 0.0356. The predicted molar refractivity (Wildman–Crippen MR) is 78.1 cm³/mol. The maximum atomic E-state index is 11.9. The van der Waals surface area contributed by atoms with Crippen LogP contribution >= 0.6 is 0 Å². The first-order valence-corrected chi connectivity index (χ1v) is 6.74. The van der Waals surface area contributed by atoms with E-state index in [-0.39, 0.29) is 11.8 Å². The summed E-state index contributed by atoms with van der Waals surface area (Å²) < 4.78 is 5.04. The van der Waals surface area contributed by atoms with Gasteiger partial charge < -0.3 is 15.4 Å². The van der Waals surface area contributed by atoms with Crippen LogP contribution in [-0.4, -0.2) is 26.2 Å². The fraction of sp³-hybridized carbons (Fsp3) is 0.533. The van der Waals surface area contributed by atoms with Gasteiger partial charge in [0.2, 0.25) is 5.91 Å². The summed E-state index contributed by atoms with van der Waals surface area (Å²) in [6, 6.07) is 7.88. The number of hydrogen-bond acceptors (Lipinski definition) is 3. The standard InChI is InChI=1S/C15H24N2O2/c1-4-16-10-13-7-5-6-8-14(13)17-15(18)9-12(2)11-19-3/h5-8,12,16H,4,9-11H2,1-3H3,(H,17,18). The van der Waals surface area contributed by atoms with Crippen LogP contribution in [0.3, 0.4) is 0 Å². The highest BCUT2D eigenvalue weighted by Crippen LogP contribution is 2.16. The van der Waals surface area contributed by atoms with Crippen molar-refractivity contribution in [2.75, 3.05) is 25.6 Å². The lowest BCUT2D eigenvalue weighted by Crippen LogP contribution is -2.19. The van der Waals surface area contributed by atoms with E-state index in [4.69, 9.17) is 4.74 Å². The number of rotatable bonds is 8. The molecule has 0 heterocycles. The Hall–Kier alpha value is -1.39. The van der Waals surface area contributed by atoms with Crippen molar-refractivity contribution in [3.63, 3.8) is 0 Å². The van der Waals surface area contributed by atoms with Gasteiger partial charge in [0.25, 0.3) is 0 Å². The van der Waals surface area contributed by atoms with Gasteiger partial charge in [-0.25, -0.2) is 0 Å². The Morgan fingerprint density at radius 1 is 1.37 bits per heavy atom. The molecular formula is C15H24N2O2. The molecule has 0 saturated carbocycles. The molecule has 4 heteroatoms. The fourth-order valence-electron chi connectivity index (χ4n) is 1.92. The quantitative estimate of drug-likeness (QED) is 0.758. The monoisotopic (exact) mass is 264 g/mol. The molecule has 4 nitrogen and oxygen atoms in total. The number of carbonyl (C=O) groups excluding carboxylic acids is 1. The molecule has 2 N–H and O–H groups in total. The van der Waals surface area contributed by atoms with Gasteiger partial charge in [-0.15, -0.1) is 0 Å². The zero-order valence-corrected chi connectivity index (χ0v) is 12.0. The molecule has 1 unspecified atom stereocenters. The van der Waals surface area contributed by atoms with Crippen LogP contribution in [0.1, 0.15) is 25.8 Å². The third kappa shape index (κ3) is 5.85. The zero-order chi connectivity index (χ0) is 14.1. The molecule has 0 saturated heterocycles. The second-order valence-electron chi connectivity index (χ2n) is 4.75. The zero-order valence-electron chi connectivity index (χ0n) is 12.0. The first-order chi connectivity index (χ1) is 9.17. The fourth-order valence-corrected chi connectivity index (χ4v) is 1.92. The van der Waals surface area contributed by atoms with Crippen molar-refractivity contribution in [2.45, 2.75) is 26.8 Å². The number of benzene rings is 1. The van der Waals surface area contributed by atoms with Crippen LogP contribution in [0.15, 0.2) is 24.3 Å². The van der Waals surface area contributed by atoms with Gasteiger partial charge in [-0.1, -0.05) is 32.0 Å². The van der Waals surface area contributed by atoms with Gasteiger partial charge in [0.1, 0.15) is 0 Å². The van der Waals surface area contributed by atoms with Gasteiger partial charge in [0, 0.05) is 32.4 Å². The minimum Gasteiger partial charge on any atom is -0.384 e. The van der Waals surface area contributed by atoms with Crippen LogP contribution in [0.2, 0.25) is 0 Å². The molecule has 0 radical (unpaired) electrons. The molecule has 0 aliphatic carbocycles. The lowest BCUT2D eigenvalue weighted by molar-refractivity contribution is -0.117. The van der Waals surface area contributed by atoms with E-state index < -0.39 is 0 Å². The molecule has 19 heavy (non-hydrogen) atoms. The third-order valence-corrected chi connectivity index (χ3v) is 2.84. The van der Waals surface area contributed by atoms with E-state index in [1.807, 2.05) is 31.2 Å². The van der Waals surface area contributed by atoms with Gasteiger partial charge in [-0.2, -0.15) is 0 Å². The molecule has 1 atom stereocenters. The Bertz CT molecular complexity index is 393. The van der Waals surface area contributed by atoms with Gasteiger partial charge >= 0.3 is 0 Å². The highest BCUT2D eigenvalue weighted by molar-refractivity contribution is 5.91. The molecule has 0 aliphatic rings. The summed E-state index contributed by atoms with van der Waals surface area (Å²) in [5.74, 6) is 0.263. The molecule has 1 rings (SSSR count). The third-order valence-electron chi connectivity index (χ3n) is 2.84. The average Bonchev–Trinajstić information content (AvgIpc) is 2.37. The largest absolute Gasteiger partial charge is 0.384 e. The van der Waals surface area contributed by atoms with Crippen LogP contribution in [0.5, 0.6) is 0 Å². The number of anilines is 1. The summed E-state index contributed by atoms with van der Waals surface area (Å²) >= 11 is 0. The molecule has 0 spiro atoms. The Morgan fingerprint density at radius 2 is 2.11 bits per heavy atom. The van der Waals surface area contributed by atoms with Crippen molar-refractivity contribution in [2.24, 2.45) is 5.92 Å². The van der Waals surface area contributed by atoms with Crippen molar-refractivity contribution in [1.29, 1.82) is 0 Å². The molecule has 0 fully saturated rings. The van der Waals surface area contributed by atoms with Crippen molar-refractivity contribution in [3.05, 3.63) is 29.8 Å². The SMILES string of the molecule is CCNCc1ccccc1NC(=O)CC(C)COC. The van der Waals surface area contributed by atoms with Gasteiger partial charge in [-0.3, -0.25) is 4.79 Å². The Balaban J connectivity index is 2.58. The summed E-state index contributed by atoms with van der Waals surface area (Å²) in [5, 5.41) is 6.24. The van der Waals surface area contributed by atoms with Gasteiger partial charge in [0.05, 0.1) is 0 Å². The number of hydrogen-bond donors (Lipinski definition) is 2. The molecule has 1 aromatic rings. The second-order valence-corrected chi connectivity index (χ2v) is 4.75. The van der Waals surface area contributed by atoms with Crippen molar-refractivity contribution in [3.8, 4) is 0 Å². The summed E-state index contributed by atoms with van der Waals surface area (Å²) in [6.07, 6.45) is 0.476. The second kappa shape index (κ2) is 8.67. The lowest BCUT2D eigenvalue weighted by atomic mass is 10.1. The maximum Gasteiger partial charge on any atom is 0.224 e. The number of ether oxygens (including phenoxy) is 1. The molecular weight excluding hydrogens is 240 g/mol. The lowest BCUT2D eigenvalue weighted by Gasteiger charge is -2.13. The first kappa shape index (κ1) is 15.7. The minimum absolute atomic E-state index is 0.0356. The van der Waals surface area contributed by atoms with Crippen LogP contribution in [0.4, 0.5) is 5.69 Å². The number of para-hydroxylation sites is 1. The van der Waals surface area contributed by atoms with Crippen LogP contribution in [-0.2, 0) is 16.1 Å². The van der Waals surface area contributed by atoms with E-state index in [1.54, 1.807) is 7.11 Å². The summed E-state index contributed by atoms with van der Waals surface area (Å²) in [4.78, 5) is 11.9. The van der Waals surface area contributed by atoms with Crippen molar-refractivity contribution >= 4 is 11.6 Å². The summed E-state index contributed by atoms with van der Waals surface area (Å²) in [6.45, 7) is 6.35. The van der Waals surface area contributed by atoms with Crippen molar-refractivity contribution in [1.82, 2.24) is 5.32 Å². The summed E-state index contributed by atoms with van der Waals surface area (Å²) in [5.41, 5.74) is 2.00. The van der Waals surface area contributed by atoms with E-state index in [0.29, 0.717) is 13.0 Å².